The van der Waals surface area contributed by atoms with Gasteiger partial charge in [-0.1, -0.05) is 54.6 Å². The molecule has 198 valence electrons. The summed E-state index contributed by atoms with van der Waals surface area (Å²) in [6.07, 6.45) is -6.40. The van der Waals surface area contributed by atoms with Gasteiger partial charge in [0, 0.05) is 11.8 Å². The maximum Gasteiger partial charge on any atom is 0.490 e. The minimum absolute atomic E-state index is 0.0700. The Morgan fingerprint density at radius 2 is 1.45 bits per heavy atom. The van der Waals surface area contributed by atoms with Gasteiger partial charge in [0.05, 0.1) is 16.6 Å². The van der Waals surface area contributed by atoms with E-state index in [-0.39, 0.29) is 17.1 Å². The van der Waals surface area contributed by atoms with E-state index in [2.05, 4.69) is 10.3 Å². The molecule has 38 heavy (non-hydrogen) atoms. The average molecular weight is 535 g/mol. The zero-order valence-electron chi connectivity index (χ0n) is 19.3. The number of aliphatic carboxylic acids is 1. The number of aromatic nitrogens is 2. The number of fused-ring (bicyclic) bond motifs is 1. The molecule has 5 rings (SSSR count). The van der Waals surface area contributed by atoms with E-state index in [1.807, 2.05) is 30.3 Å². The van der Waals surface area contributed by atoms with E-state index in [1.54, 1.807) is 24.4 Å². The van der Waals surface area contributed by atoms with E-state index in [0.717, 1.165) is 24.5 Å². The van der Waals surface area contributed by atoms with Crippen molar-refractivity contribution in [3.05, 3.63) is 95.8 Å². The molecule has 4 aromatic rings. The molecule has 0 atom stereocenters. The highest BCUT2D eigenvalue weighted by Crippen LogP contribution is 2.45. The second kappa shape index (κ2) is 9.84. The molecule has 0 radical (unpaired) electrons. The maximum absolute atomic E-state index is 13.6. The van der Waals surface area contributed by atoms with Gasteiger partial charge >= 0.3 is 18.3 Å². The number of rotatable bonds is 4. The highest BCUT2D eigenvalue weighted by molar-refractivity contribution is 6.00. The summed E-state index contributed by atoms with van der Waals surface area (Å²) >= 11 is 0. The summed E-state index contributed by atoms with van der Waals surface area (Å²) < 4.78 is 74.1. The Bertz CT molecular complexity index is 1480. The molecule has 0 aliphatic heterocycles. The van der Waals surface area contributed by atoms with Crippen molar-refractivity contribution in [3.63, 3.8) is 0 Å². The lowest BCUT2D eigenvalue weighted by molar-refractivity contribution is -0.192. The fourth-order valence-electron chi connectivity index (χ4n) is 3.96. The Labute approximate surface area is 211 Å². The fraction of sp³-hybridized carbons (Fsp3) is 0.192. The van der Waals surface area contributed by atoms with Crippen molar-refractivity contribution in [3.8, 4) is 11.4 Å². The number of nitrogens with zero attached hydrogens (tertiary/aromatic N) is 2. The number of hydrogen-bond acceptors (Lipinski definition) is 3. The molecule has 1 fully saturated rings. The molecular formula is C26H19F6N3O3. The third-order valence-corrected chi connectivity index (χ3v) is 5.91. The Balaban J connectivity index is 0.000000426. The first kappa shape index (κ1) is 26.7. The van der Waals surface area contributed by atoms with Gasteiger partial charge in [0.25, 0.3) is 5.91 Å². The minimum atomic E-state index is -5.08. The lowest BCUT2D eigenvalue weighted by atomic mass is 10.0. The number of imidazole rings is 1. The van der Waals surface area contributed by atoms with Crippen molar-refractivity contribution in [2.45, 2.75) is 30.7 Å². The van der Waals surface area contributed by atoms with Crippen LogP contribution in [0.1, 0.15) is 34.5 Å². The molecule has 6 nitrogen and oxygen atoms in total. The number of carboxylic acids is 1. The van der Waals surface area contributed by atoms with Gasteiger partial charge in [0.1, 0.15) is 5.82 Å². The molecular weight excluding hydrogens is 516 g/mol. The van der Waals surface area contributed by atoms with Crippen molar-refractivity contribution >= 4 is 17.4 Å². The molecule has 2 aromatic carbocycles. The number of carboxylic acid groups (broad SMARTS) is 1. The SMILES string of the molecule is O=C(NC1(c2ccccc2)CC1)c1nc(-c2ccccc2C(F)(F)F)n2ccccc12.O=C(O)C(F)(F)F. The third-order valence-electron chi connectivity index (χ3n) is 5.91. The van der Waals surface area contributed by atoms with Crippen molar-refractivity contribution in [2.75, 3.05) is 0 Å². The van der Waals surface area contributed by atoms with E-state index >= 15 is 0 Å². The molecule has 1 saturated carbocycles. The van der Waals surface area contributed by atoms with Gasteiger partial charge in [-0.2, -0.15) is 26.3 Å². The zero-order chi connectivity index (χ0) is 27.7. The molecule has 1 aliphatic rings. The monoisotopic (exact) mass is 535 g/mol. The van der Waals surface area contributed by atoms with Crippen LogP contribution in [0.2, 0.25) is 0 Å². The number of carbonyl (C=O) groups excluding carboxylic acids is 1. The van der Waals surface area contributed by atoms with Crippen LogP contribution in [0.15, 0.2) is 79.0 Å². The van der Waals surface area contributed by atoms with Crippen LogP contribution < -0.4 is 5.32 Å². The number of carbonyl (C=O) groups is 2. The number of nitrogens with one attached hydrogen (secondary N) is 1. The molecule has 0 bridgehead atoms. The van der Waals surface area contributed by atoms with Crippen LogP contribution >= 0.6 is 0 Å². The number of alkyl halides is 6. The molecule has 2 aromatic heterocycles. The first-order chi connectivity index (χ1) is 17.8. The standard InChI is InChI=1S/C24H18F3N3O.C2HF3O2/c25-24(26,27)18-11-5-4-10-17(18)21-28-20(19-12-6-7-15-30(19)21)22(31)29-23(13-14-23)16-8-2-1-3-9-16;3-2(4,5)1(6)7/h1-12,15H,13-14H2,(H,29,31);(H,6,7). The van der Waals surface area contributed by atoms with Crippen molar-refractivity contribution in [1.82, 2.24) is 14.7 Å². The molecule has 12 heteroatoms. The van der Waals surface area contributed by atoms with Gasteiger partial charge < -0.3 is 10.4 Å². The topological polar surface area (TPSA) is 83.7 Å². The minimum Gasteiger partial charge on any atom is -0.475 e. The van der Waals surface area contributed by atoms with E-state index in [9.17, 15) is 31.1 Å². The van der Waals surface area contributed by atoms with E-state index in [0.29, 0.717) is 5.52 Å². The van der Waals surface area contributed by atoms with Gasteiger partial charge in [-0.25, -0.2) is 9.78 Å². The summed E-state index contributed by atoms with van der Waals surface area (Å²) in [5, 5.41) is 10.2. The van der Waals surface area contributed by atoms with Gasteiger partial charge in [0.15, 0.2) is 5.69 Å². The Hall–Kier alpha value is -4.35. The van der Waals surface area contributed by atoms with Gasteiger partial charge in [0.2, 0.25) is 0 Å². The number of amides is 1. The van der Waals surface area contributed by atoms with Crippen LogP contribution in [-0.2, 0) is 16.5 Å². The normalized spacial score (nSPS) is 14.4. The third kappa shape index (κ3) is 5.48. The summed E-state index contributed by atoms with van der Waals surface area (Å²) in [6, 6.07) is 20.0. The van der Waals surface area contributed by atoms with Crippen molar-refractivity contribution < 1.29 is 41.0 Å². The smallest absolute Gasteiger partial charge is 0.475 e. The summed E-state index contributed by atoms with van der Waals surface area (Å²) in [7, 11) is 0. The van der Waals surface area contributed by atoms with Crippen LogP contribution in [-0.4, -0.2) is 32.5 Å². The van der Waals surface area contributed by atoms with Crippen LogP contribution in [0.4, 0.5) is 26.3 Å². The predicted octanol–water partition coefficient (Wildman–Crippen LogP) is 6.07. The van der Waals surface area contributed by atoms with E-state index in [1.165, 1.54) is 22.6 Å². The maximum atomic E-state index is 13.6. The number of hydrogen-bond donors (Lipinski definition) is 2. The quantitative estimate of drug-likeness (QED) is 0.311. The second-order valence-corrected chi connectivity index (χ2v) is 8.49. The van der Waals surface area contributed by atoms with Crippen LogP contribution in [0.25, 0.3) is 16.9 Å². The Morgan fingerprint density at radius 1 is 0.868 bits per heavy atom. The average Bonchev–Trinajstić information content (AvgIpc) is 3.55. The fourth-order valence-corrected chi connectivity index (χ4v) is 3.96. The lowest BCUT2D eigenvalue weighted by Gasteiger charge is -2.17. The van der Waals surface area contributed by atoms with E-state index in [4.69, 9.17) is 9.90 Å². The first-order valence-electron chi connectivity index (χ1n) is 11.2. The lowest BCUT2D eigenvalue weighted by Crippen LogP contribution is -2.35. The van der Waals surface area contributed by atoms with Crippen molar-refractivity contribution in [2.24, 2.45) is 0 Å². The molecule has 1 aliphatic carbocycles. The number of benzene rings is 2. The largest absolute Gasteiger partial charge is 0.490 e. The molecule has 2 N–H and O–H groups in total. The summed E-state index contributed by atoms with van der Waals surface area (Å²) in [6.45, 7) is 0. The molecule has 0 unspecified atom stereocenters. The summed E-state index contributed by atoms with van der Waals surface area (Å²) in [4.78, 5) is 26.5. The number of pyridine rings is 1. The number of halogens is 6. The van der Waals surface area contributed by atoms with Crippen molar-refractivity contribution in [1.29, 1.82) is 0 Å². The van der Waals surface area contributed by atoms with E-state index < -0.39 is 35.3 Å². The molecule has 0 saturated heterocycles. The van der Waals surface area contributed by atoms with Crippen LogP contribution in [0.3, 0.4) is 0 Å². The second-order valence-electron chi connectivity index (χ2n) is 8.49. The predicted molar refractivity (Wildman–Crippen MR) is 124 cm³/mol. The molecule has 1 amide bonds. The van der Waals surface area contributed by atoms with Crippen LogP contribution in [0.5, 0.6) is 0 Å². The highest BCUT2D eigenvalue weighted by atomic mass is 19.4. The van der Waals surface area contributed by atoms with Gasteiger partial charge in [-0.3, -0.25) is 9.20 Å². The zero-order valence-corrected chi connectivity index (χ0v) is 19.3. The van der Waals surface area contributed by atoms with Gasteiger partial charge in [-0.05, 0) is 36.6 Å². The Morgan fingerprint density at radius 3 is 2.03 bits per heavy atom. The summed E-state index contributed by atoms with van der Waals surface area (Å²) in [5.74, 6) is -3.08. The summed E-state index contributed by atoms with van der Waals surface area (Å²) in [5.41, 5.74) is 0.257. The van der Waals surface area contributed by atoms with Crippen LogP contribution in [0, 0.1) is 0 Å². The molecule has 2 heterocycles. The first-order valence-corrected chi connectivity index (χ1v) is 11.2. The molecule has 0 spiro atoms. The highest BCUT2D eigenvalue weighted by Gasteiger charge is 2.46. The Kier molecular flexibility index (Phi) is 6.92. The van der Waals surface area contributed by atoms with Gasteiger partial charge in [-0.15, -0.1) is 0 Å².